The third-order valence-corrected chi connectivity index (χ3v) is 9.35. The number of terminal acetylenes is 3. The van der Waals surface area contributed by atoms with Crippen molar-refractivity contribution in [2.75, 3.05) is 43.5 Å². The van der Waals surface area contributed by atoms with Crippen molar-refractivity contribution in [3.8, 4) is 57.2 Å². The molecule has 1 aliphatic heterocycles. The summed E-state index contributed by atoms with van der Waals surface area (Å²) in [6.07, 6.45) is 23.6. The molecule has 57 heavy (non-hydrogen) atoms. The fourth-order valence-corrected chi connectivity index (χ4v) is 4.56. The van der Waals surface area contributed by atoms with Crippen molar-refractivity contribution in [1.29, 1.82) is 0 Å². The van der Waals surface area contributed by atoms with Crippen LogP contribution in [-0.2, 0) is 24.4 Å². The molecular formula is C42H97LiO5S5Si4. The first kappa shape index (κ1) is 92.5. The monoisotopic (exact) mass is 962 g/mol. The Hall–Kier alpha value is 0.175. The molecule has 0 bridgehead atoms. The van der Waals surface area contributed by atoms with E-state index in [0.29, 0.717) is 6.90 Å². The number of hydrogen-bond donors (Lipinski definition) is 2. The molecule has 0 aromatic heterocycles. The summed E-state index contributed by atoms with van der Waals surface area (Å²) >= 11 is 9.29. The summed E-state index contributed by atoms with van der Waals surface area (Å²) in [6, 6.07) is 0. The summed E-state index contributed by atoms with van der Waals surface area (Å²) < 4.78 is 51.7. The SMILES string of the molecule is C.C.C.C.C.C#CS(C)(=O)=O.C#C[Si](C)(C)C.C#C[Si](C)(C)C.C1CCOC1.CSC#C[Si](C)(C)C.C[Si](C)(C)C#CS(C)(=O)=O.SCCS.[2H]CC.[CH2-]CCC.[Li+]. The average molecular weight is 963 g/mol. The minimum absolute atomic E-state index is 0. The van der Waals surface area contributed by atoms with Gasteiger partial charge in [-0.3, -0.25) is 0 Å². The standard InChI is InChI=1S/C6H12O2SSi.C6H12SSi.2C5H10Si.C4H8O.C4H9.C3H4O2S.C2H6S2.C2H6.5CH4.Li/c1-9(7,8)5-6-10(2,3)4;1-7-5-6-8(2,3)4;2*1-5-6(2,3)4;1-2-4-5-3-1;1-3-4-2;1-3-6(2,4)5;3-1-2-4;1-2;;;;;;/h1-4H3;1-4H3;2*1H,2-4H3;1-4H2;1,3-4H2,2H3;1H,2H3;3-4H,1-2H2;1-2H3;5*1H4;/q;;;;;-1;;;;;;;;;+1/i;;;;;;;;1D;;;;;;. The quantitative estimate of drug-likeness (QED) is 0.0944. The Kier molecular flexibility index (Phi) is 98.1. The van der Waals surface area contributed by atoms with Crippen LogP contribution in [0.4, 0.5) is 0 Å². The molecule has 5 nitrogen and oxygen atoms in total. The van der Waals surface area contributed by atoms with Crippen LogP contribution in [0.15, 0.2) is 0 Å². The van der Waals surface area contributed by atoms with E-state index in [1.807, 2.05) is 25.9 Å². The van der Waals surface area contributed by atoms with E-state index in [9.17, 15) is 16.8 Å². The molecule has 0 saturated carbocycles. The Bertz CT molecular complexity index is 1240. The van der Waals surface area contributed by atoms with Crippen molar-refractivity contribution in [2.45, 2.75) is 162 Å². The zero-order chi connectivity index (χ0) is 43.7. The number of unbranched alkanes of at least 4 members (excludes halogenated alkanes) is 1. The van der Waals surface area contributed by atoms with Gasteiger partial charge >= 0.3 is 18.9 Å². The van der Waals surface area contributed by atoms with E-state index in [-0.39, 0.29) is 56.0 Å². The second-order valence-corrected chi connectivity index (χ2v) is 38.3. The van der Waals surface area contributed by atoms with Crippen LogP contribution < -0.4 is 18.9 Å². The average Bonchev–Trinajstić information content (AvgIpc) is 3.60. The molecule has 0 aromatic rings. The molecule has 0 radical (unpaired) electrons. The van der Waals surface area contributed by atoms with Crippen LogP contribution in [0, 0.1) is 64.1 Å². The van der Waals surface area contributed by atoms with Crippen LogP contribution in [-0.4, -0.2) is 92.6 Å². The van der Waals surface area contributed by atoms with Crippen molar-refractivity contribution < 1.29 is 41.8 Å². The Labute approximate surface area is 397 Å². The van der Waals surface area contributed by atoms with Crippen molar-refractivity contribution >= 4 is 89.0 Å². The molecule has 0 spiro atoms. The summed E-state index contributed by atoms with van der Waals surface area (Å²) in [5.74, 6) is 1.76. The first-order valence-corrected chi connectivity index (χ1v) is 36.8. The zero-order valence-electron chi connectivity index (χ0n) is 37.5. The minimum Gasteiger partial charge on any atom is -0.381 e. The van der Waals surface area contributed by atoms with Gasteiger partial charge in [0.1, 0.15) is 32.3 Å². The number of sulfone groups is 2. The summed E-state index contributed by atoms with van der Waals surface area (Å²) in [5, 5.41) is 6.84. The Morgan fingerprint density at radius 1 is 0.702 bits per heavy atom. The van der Waals surface area contributed by atoms with Gasteiger partial charge in [-0.1, -0.05) is 155 Å². The number of thiol groups is 2. The number of ether oxygens (including phenoxy) is 1. The summed E-state index contributed by atoms with van der Waals surface area (Å²) in [7, 11) is -11.0. The van der Waals surface area contributed by atoms with E-state index >= 15 is 0 Å². The molecular weight excluding hydrogens is 864 g/mol. The van der Waals surface area contributed by atoms with Gasteiger partial charge in [0.2, 0.25) is 19.7 Å². The Morgan fingerprint density at radius 2 is 0.947 bits per heavy atom. The summed E-state index contributed by atoms with van der Waals surface area (Å²) in [5.41, 5.74) is 11.5. The molecule has 0 aliphatic carbocycles. The molecule has 1 heterocycles. The third-order valence-electron chi connectivity index (χ3n) is 3.50. The van der Waals surface area contributed by atoms with Gasteiger partial charge in [0.25, 0.3) is 0 Å². The molecule has 0 atom stereocenters. The van der Waals surface area contributed by atoms with E-state index in [0.717, 1.165) is 43.7 Å². The topological polar surface area (TPSA) is 77.5 Å². The largest absolute Gasteiger partial charge is 1.00 e. The molecule has 15 heteroatoms. The Morgan fingerprint density at radius 3 is 1.00 bits per heavy atom. The molecule has 0 unspecified atom stereocenters. The van der Waals surface area contributed by atoms with Gasteiger partial charge in [-0.15, -0.1) is 41.4 Å². The van der Waals surface area contributed by atoms with Crippen molar-refractivity contribution in [1.82, 2.24) is 0 Å². The fraction of sp³-hybridized carbons (Fsp3) is 0.738. The fourth-order valence-electron chi connectivity index (χ4n) is 0.960. The van der Waals surface area contributed by atoms with Crippen LogP contribution in [0.1, 0.15) is 84.9 Å². The van der Waals surface area contributed by atoms with Gasteiger partial charge in [0.05, 0.1) is 12.5 Å². The predicted octanol–water partition coefficient (Wildman–Crippen LogP) is 10.1. The van der Waals surface area contributed by atoms with Crippen LogP contribution in [0.2, 0.25) is 78.6 Å². The predicted molar refractivity (Wildman–Crippen MR) is 292 cm³/mol. The second kappa shape index (κ2) is 60.5. The molecule has 0 aromatic carbocycles. The molecule has 0 amide bonds. The number of thioether (sulfide) groups is 1. The smallest absolute Gasteiger partial charge is 0.381 e. The molecule has 0 N–H and O–H groups in total. The van der Waals surface area contributed by atoms with Gasteiger partial charge in [-0.2, -0.15) is 31.7 Å². The van der Waals surface area contributed by atoms with E-state index in [4.69, 9.17) is 19.0 Å². The maximum absolute atomic E-state index is 10.5. The van der Waals surface area contributed by atoms with E-state index in [2.05, 4.69) is 137 Å². The van der Waals surface area contributed by atoms with E-state index < -0.39 is 52.0 Å². The third kappa shape index (κ3) is 208. The van der Waals surface area contributed by atoms with Gasteiger partial charge in [0.15, 0.2) is 0 Å². The van der Waals surface area contributed by atoms with E-state index in [1.165, 1.54) is 19.3 Å². The molecule has 342 valence electrons. The van der Waals surface area contributed by atoms with Crippen molar-refractivity contribution in [3.63, 3.8) is 0 Å². The van der Waals surface area contributed by atoms with Crippen LogP contribution in [0.25, 0.3) is 0 Å². The van der Waals surface area contributed by atoms with Crippen LogP contribution in [0.5, 0.6) is 0 Å². The summed E-state index contributed by atoms with van der Waals surface area (Å²) in [4.78, 5) is 0. The van der Waals surface area contributed by atoms with Crippen molar-refractivity contribution in [3.05, 3.63) is 6.92 Å². The van der Waals surface area contributed by atoms with Gasteiger partial charge < -0.3 is 11.7 Å². The van der Waals surface area contributed by atoms with E-state index in [1.54, 1.807) is 23.9 Å². The van der Waals surface area contributed by atoms with Crippen molar-refractivity contribution in [2.24, 2.45) is 0 Å². The van der Waals surface area contributed by atoms with Crippen LogP contribution in [0.3, 0.4) is 0 Å². The second-order valence-electron chi connectivity index (χ2n) is 14.2. The first-order chi connectivity index (χ1) is 23.2. The minimum atomic E-state index is -3.13. The van der Waals surface area contributed by atoms with Gasteiger partial charge in [-0.05, 0) is 35.9 Å². The molecule has 1 saturated heterocycles. The Balaban J connectivity index is -0.0000000315. The summed E-state index contributed by atoms with van der Waals surface area (Å²) in [6.45, 7) is 35.6. The van der Waals surface area contributed by atoms with Gasteiger partial charge in [-0.25, -0.2) is 16.8 Å². The molecule has 1 aliphatic rings. The van der Waals surface area contributed by atoms with Gasteiger partial charge in [0, 0.05) is 25.1 Å². The number of rotatable bonds is 2. The first-order valence-electron chi connectivity index (χ1n) is 17.2. The molecule has 1 rings (SSSR count). The molecule has 1 fully saturated rings. The zero-order valence-corrected chi connectivity index (χ0v) is 44.7. The van der Waals surface area contributed by atoms with Crippen LogP contribution >= 0.6 is 37.0 Å². The number of hydrogen-bond acceptors (Lipinski definition) is 8. The normalized spacial score (nSPS) is 10.2. The maximum atomic E-state index is 10.5. The maximum Gasteiger partial charge on any atom is 1.00 e.